The van der Waals surface area contributed by atoms with Gasteiger partial charge >= 0.3 is 0 Å². The molecule has 4 aliphatic rings. The second-order valence-corrected chi connectivity index (χ2v) is 9.46. The van der Waals surface area contributed by atoms with Gasteiger partial charge in [0.15, 0.2) is 5.78 Å². The van der Waals surface area contributed by atoms with Crippen molar-refractivity contribution in [2.24, 2.45) is 29.1 Å². The van der Waals surface area contributed by atoms with Crippen LogP contribution in [0.3, 0.4) is 0 Å². The Morgan fingerprint density at radius 3 is 2.75 bits per heavy atom. The van der Waals surface area contributed by atoms with E-state index in [0.717, 1.165) is 55.9 Å². The lowest BCUT2D eigenvalue weighted by Crippen LogP contribution is -2.52. The Balaban J connectivity index is 1.61. The molecule has 1 N–H and O–H groups in total. The lowest BCUT2D eigenvalue weighted by atomic mass is 9.50. The van der Waals surface area contributed by atoms with E-state index in [1.165, 1.54) is 24.8 Å². The summed E-state index contributed by atoms with van der Waals surface area (Å²) in [6.07, 6.45) is 11.4. The average Bonchev–Trinajstić information content (AvgIpc) is 2.77. The van der Waals surface area contributed by atoms with Gasteiger partial charge < -0.3 is 5.11 Å². The maximum Gasteiger partial charge on any atom is 0.155 e. The average molecular weight is 328 g/mol. The van der Waals surface area contributed by atoms with E-state index in [1.807, 2.05) is 6.08 Å². The van der Waals surface area contributed by atoms with E-state index in [1.54, 1.807) is 0 Å². The zero-order chi connectivity index (χ0) is 17.1. The number of rotatable bonds is 2. The van der Waals surface area contributed by atoms with Gasteiger partial charge in [-0.25, -0.2) is 0 Å². The highest BCUT2D eigenvalue weighted by Gasteiger charge is 2.61. The molecule has 0 aromatic heterocycles. The quantitative estimate of drug-likeness (QED) is 0.738. The molecule has 0 heterocycles. The SMILES string of the molecule is C=C(C)C[C@]1(O)CCC2C3CCC4=CC(=O)CCC4C3CC[C@@]21C. The van der Waals surface area contributed by atoms with E-state index in [2.05, 4.69) is 20.4 Å². The van der Waals surface area contributed by atoms with Gasteiger partial charge in [-0.05, 0) is 93.5 Å². The highest BCUT2D eigenvalue weighted by Crippen LogP contribution is 2.65. The molecule has 4 aliphatic carbocycles. The molecule has 2 nitrogen and oxygen atoms in total. The van der Waals surface area contributed by atoms with Crippen LogP contribution < -0.4 is 0 Å². The van der Waals surface area contributed by atoms with Gasteiger partial charge in [0.05, 0.1) is 5.60 Å². The van der Waals surface area contributed by atoms with Crippen LogP contribution in [0.4, 0.5) is 0 Å². The standard InChI is InChI=1S/C22H32O2/c1-14(2)13-22(24)11-9-20-19-6-4-15-12-16(23)5-7-17(15)18(19)8-10-21(20,22)3/h12,17-20,24H,1,4-11,13H2,2-3H3/t17?,18?,19?,20?,21-,22+/m0/s1. The molecule has 3 fully saturated rings. The zero-order valence-corrected chi connectivity index (χ0v) is 15.3. The molecule has 2 heteroatoms. The number of aliphatic hydroxyl groups is 1. The highest BCUT2D eigenvalue weighted by atomic mass is 16.3. The molecule has 4 rings (SSSR count). The first kappa shape index (κ1) is 16.6. The summed E-state index contributed by atoms with van der Waals surface area (Å²) in [7, 11) is 0. The predicted molar refractivity (Wildman–Crippen MR) is 96.5 cm³/mol. The van der Waals surface area contributed by atoms with Gasteiger partial charge in [-0.3, -0.25) is 4.79 Å². The fraction of sp³-hybridized carbons (Fsp3) is 0.773. The van der Waals surface area contributed by atoms with Crippen molar-refractivity contribution in [3.63, 3.8) is 0 Å². The summed E-state index contributed by atoms with van der Waals surface area (Å²) in [6.45, 7) is 8.49. The van der Waals surface area contributed by atoms with Gasteiger partial charge in [0.25, 0.3) is 0 Å². The van der Waals surface area contributed by atoms with Gasteiger partial charge in [-0.1, -0.05) is 18.1 Å². The predicted octanol–water partition coefficient (Wildman–Crippen LogP) is 4.83. The van der Waals surface area contributed by atoms with Crippen LogP contribution in [0.2, 0.25) is 0 Å². The highest BCUT2D eigenvalue weighted by molar-refractivity contribution is 5.91. The molecule has 6 atom stereocenters. The fourth-order valence-electron chi connectivity index (χ4n) is 7.08. The van der Waals surface area contributed by atoms with Crippen LogP contribution in [-0.4, -0.2) is 16.5 Å². The van der Waals surface area contributed by atoms with E-state index < -0.39 is 5.60 Å². The first-order chi connectivity index (χ1) is 11.3. The molecule has 0 spiro atoms. The molecular formula is C22H32O2. The van der Waals surface area contributed by atoms with Gasteiger partial charge in [0, 0.05) is 6.42 Å². The Bertz CT molecular complexity index is 603. The Morgan fingerprint density at radius 2 is 2.00 bits per heavy atom. The number of hydrogen-bond donors (Lipinski definition) is 1. The number of fused-ring (bicyclic) bond motifs is 5. The lowest BCUT2D eigenvalue weighted by Gasteiger charge is -2.55. The maximum absolute atomic E-state index is 11.8. The molecule has 4 unspecified atom stereocenters. The number of allylic oxidation sites excluding steroid dienone is 1. The lowest BCUT2D eigenvalue weighted by molar-refractivity contribution is -0.120. The number of ketones is 1. The van der Waals surface area contributed by atoms with E-state index in [4.69, 9.17) is 0 Å². The first-order valence-electron chi connectivity index (χ1n) is 9.94. The topological polar surface area (TPSA) is 37.3 Å². The van der Waals surface area contributed by atoms with Crippen molar-refractivity contribution in [3.05, 3.63) is 23.8 Å². The third-order valence-corrected chi connectivity index (χ3v) is 8.22. The maximum atomic E-state index is 11.8. The Hall–Kier alpha value is -0.890. The van der Waals surface area contributed by atoms with E-state index in [9.17, 15) is 9.90 Å². The number of hydrogen-bond acceptors (Lipinski definition) is 2. The zero-order valence-electron chi connectivity index (χ0n) is 15.3. The van der Waals surface area contributed by atoms with Crippen LogP contribution in [0, 0.1) is 29.1 Å². The van der Waals surface area contributed by atoms with Crippen molar-refractivity contribution in [1.29, 1.82) is 0 Å². The Labute approximate surface area is 146 Å². The summed E-state index contributed by atoms with van der Waals surface area (Å²) in [4.78, 5) is 11.8. The third-order valence-electron chi connectivity index (χ3n) is 8.22. The smallest absolute Gasteiger partial charge is 0.155 e. The second-order valence-electron chi connectivity index (χ2n) is 9.46. The molecule has 0 aromatic rings. The molecular weight excluding hydrogens is 296 g/mol. The molecule has 0 amide bonds. The Kier molecular flexibility index (Phi) is 3.84. The van der Waals surface area contributed by atoms with Crippen LogP contribution in [0.5, 0.6) is 0 Å². The first-order valence-corrected chi connectivity index (χ1v) is 9.94. The summed E-state index contributed by atoms with van der Waals surface area (Å²) in [6, 6.07) is 0. The largest absolute Gasteiger partial charge is 0.389 e. The summed E-state index contributed by atoms with van der Waals surface area (Å²) >= 11 is 0. The van der Waals surface area contributed by atoms with E-state index in [-0.39, 0.29) is 5.41 Å². The van der Waals surface area contributed by atoms with Crippen molar-refractivity contribution >= 4 is 5.78 Å². The minimum absolute atomic E-state index is 0.0544. The molecule has 0 bridgehead atoms. The number of carbonyl (C=O) groups excluding carboxylic acids is 1. The minimum atomic E-state index is -0.548. The van der Waals surface area contributed by atoms with E-state index >= 15 is 0 Å². The second kappa shape index (κ2) is 5.56. The summed E-state index contributed by atoms with van der Waals surface area (Å²) < 4.78 is 0. The molecule has 0 aliphatic heterocycles. The van der Waals surface area contributed by atoms with Crippen molar-refractivity contribution < 1.29 is 9.90 Å². The third kappa shape index (κ3) is 2.29. The molecule has 24 heavy (non-hydrogen) atoms. The van der Waals surface area contributed by atoms with Gasteiger partial charge in [-0.15, -0.1) is 6.58 Å². The van der Waals surface area contributed by atoms with E-state index in [0.29, 0.717) is 17.6 Å². The normalized spacial score (nSPS) is 47.5. The summed E-state index contributed by atoms with van der Waals surface area (Å²) in [5.74, 6) is 3.15. The summed E-state index contributed by atoms with van der Waals surface area (Å²) in [5, 5.41) is 11.5. The molecule has 0 saturated heterocycles. The number of carbonyl (C=O) groups is 1. The van der Waals surface area contributed by atoms with Gasteiger partial charge in [0.2, 0.25) is 0 Å². The van der Waals surface area contributed by atoms with Gasteiger partial charge in [0.1, 0.15) is 0 Å². The van der Waals surface area contributed by atoms with Crippen molar-refractivity contribution in [2.45, 2.75) is 77.2 Å². The van der Waals surface area contributed by atoms with Crippen molar-refractivity contribution in [1.82, 2.24) is 0 Å². The Morgan fingerprint density at radius 1 is 1.21 bits per heavy atom. The van der Waals surface area contributed by atoms with Crippen LogP contribution >= 0.6 is 0 Å². The molecule has 132 valence electrons. The molecule has 0 radical (unpaired) electrons. The monoisotopic (exact) mass is 328 g/mol. The summed E-state index contributed by atoms with van der Waals surface area (Å²) in [5.41, 5.74) is 2.07. The minimum Gasteiger partial charge on any atom is -0.389 e. The van der Waals surface area contributed by atoms with Crippen LogP contribution in [0.15, 0.2) is 23.8 Å². The van der Waals surface area contributed by atoms with Crippen LogP contribution in [-0.2, 0) is 4.79 Å². The van der Waals surface area contributed by atoms with Crippen molar-refractivity contribution in [2.75, 3.05) is 0 Å². The van der Waals surface area contributed by atoms with Gasteiger partial charge in [-0.2, -0.15) is 0 Å². The fourth-order valence-corrected chi connectivity index (χ4v) is 7.08. The molecule has 3 saturated carbocycles. The van der Waals surface area contributed by atoms with Crippen LogP contribution in [0.1, 0.15) is 71.6 Å². The molecule has 0 aromatic carbocycles. The van der Waals surface area contributed by atoms with Crippen molar-refractivity contribution in [3.8, 4) is 0 Å². The van der Waals surface area contributed by atoms with Crippen LogP contribution in [0.25, 0.3) is 0 Å².